The number of halogens is 1. The maximum atomic E-state index is 10.7. The second-order valence-electron chi connectivity index (χ2n) is 4.48. The number of ether oxygens (including phenoxy) is 1. The van der Waals surface area contributed by atoms with Crippen molar-refractivity contribution < 1.29 is 19.7 Å². The first kappa shape index (κ1) is 14.3. The van der Waals surface area contributed by atoms with Crippen molar-refractivity contribution in [1.29, 1.82) is 0 Å². The molecule has 1 saturated heterocycles. The molecule has 1 fully saturated rings. The first-order valence-electron chi connectivity index (χ1n) is 6.07. The van der Waals surface area contributed by atoms with Crippen molar-refractivity contribution in [3.8, 4) is 0 Å². The third-order valence-electron chi connectivity index (χ3n) is 3.12. The summed E-state index contributed by atoms with van der Waals surface area (Å²) >= 11 is 6.14. The number of aliphatic hydroxyl groups excluding tert-OH is 1. The van der Waals surface area contributed by atoms with Crippen molar-refractivity contribution in [2.75, 3.05) is 26.3 Å². The van der Waals surface area contributed by atoms with E-state index in [9.17, 15) is 9.90 Å². The lowest BCUT2D eigenvalue weighted by atomic mass is 10.1. The van der Waals surface area contributed by atoms with E-state index in [1.807, 2.05) is 0 Å². The fourth-order valence-electron chi connectivity index (χ4n) is 2.00. The van der Waals surface area contributed by atoms with Gasteiger partial charge in [0.25, 0.3) is 0 Å². The molecule has 1 aliphatic heterocycles. The predicted molar refractivity (Wildman–Crippen MR) is 70.1 cm³/mol. The van der Waals surface area contributed by atoms with E-state index < -0.39 is 12.1 Å². The number of nitrogens with zero attached hydrogens (tertiary/aromatic N) is 1. The van der Waals surface area contributed by atoms with Crippen LogP contribution in [0.1, 0.15) is 17.2 Å². The van der Waals surface area contributed by atoms with E-state index in [1.165, 1.54) is 6.07 Å². The Labute approximate surface area is 116 Å². The van der Waals surface area contributed by atoms with Gasteiger partial charge in [0.05, 0.1) is 13.2 Å². The summed E-state index contributed by atoms with van der Waals surface area (Å²) in [5, 5.41) is 18.7. The number of carboxylic acids is 1. The van der Waals surface area contributed by atoms with Crippen LogP contribution in [-0.4, -0.2) is 47.4 Å². The van der Waals surface area contributed by atoms with Crippen LogP contribution in [0, 0.1) is 0 Å². The lowest BCUT2D eigenvalue weighted by molar-refractivity contribution is -0.146. The Bertz CT molecular complexity index is 460. The number of rotatable bonds is 4. The number of benzene rings is 1. The van der Waals surface area contributed by atoms with Crippen molar-refractivity contribution in [3.63, 3.8) is 0 Å². The molecule has 1 aliphatic rings. The molecule has 1 heterocycles. The quantitative estimate of drug-likeness (QED) is 0.872. The highest BCUT2D eigenvalue weighted by molar-refractivity contribution is 6.31. The molecule has 0 bridgehead atoms. The molecule has 1 unspecified atom stereocenters. The Morgan fingerprint density at radius 3 is 2.68 bits per heavy atom. The van der Waals surface area contributed by atoms with E-state index >= 15 is 0 Å². The average Bonchev–Trinajstić information content (AvgIpc) is 2.41. The standard InChI is InChI=1S/C13H16ClNO4/c14-11-7-9(12(16)13(17)18)1-2-10(11)8-15-3-5-19-6-4-15/h1-2,7,12,16H,3-6,8H2,(H,17,18). The number of hydrogen-bond donors (Lipinski definition) is 2. The Morgan fingerprint density at radius 2 is 2.11 bits per heavy atom. The van der Waals surface area contributed by atoms with Crippen LogP contribution < -0.4 is 0 Å². The molecular formula is C13H16ClNO4. The van der Waals surface area contributed by atoms with Crippen LogP contribution in [0.15, 0.2) is 18.2 Å². The zero-order valence-electron chi connectivity index (χ0n) is 10.4. The maximum Gasteiger partial charge on any atom is 0.337 e. The predicted octanol–water partition coefficient (Wildman–Crippen LogP) is 1.29. The van der Waals surface area contributed by atoms with Crippen molar-refractivity contribution in [2.45, 2.75) is 12.6 Å². The summed E-state index contributed by atoms with van der Waals surface area (Å²) in [5.74, 6) is -1.28. The smallest absolute Gasteiger partial charge is 0.337 e. The molecular weight excluding hydrogens is 270 g/mol. The van der Waals surface area contributed by atoms with Gasteiger partial charge in [0.1, 0.15) is 0 Å². The topological polar surface area (TPSA) is 70.0 Å². The van der Waals surface area contributed by atoms with Gasteiger partial charge in [-0.05, 0) is 17.2 Å². The molecule has 1 atom stereocenters. The molecule has 0 aromatic heterocycles. The highest BCUT2D eigenvalue weighted by atomic mass is 35.5. The number of morpholine rings is 1. The number of aliphatic hydroxyl groups is 1. The van der Waals surface area contributed by atoms with Crippen molar-refractivity contribution in [3.05, 3.63) is 34.3 Å². The summed E-state index contributed by atoms with van der Waals surface area (Å²) in [6.07, 6.45) is -1.53. The summed E-state index contributed by atoms with van der Waals surface area (Å²) in [7, 11) is 0. The molecule has 0 saturated carbocycles. The molecule has 2 rings (SSSR count). The summed E-state index contributed by atoms with van der Waals surface area (Å²) in [6.45, 7) is 3.85. The van der Waals surface area contributed by atoms with Gasteiger partial charge in [-0.2, -0.15) is 0 Å². The van der Waals surface area contributed by atoms with Crippen LogP contribution in [0.2, 0.25) is 5.02 Å². The minimum absolute atomic E-state index is 0.295. The van der Waals surface area contributed by atoms with Gasteiger partial charge in [-0.3, -0.25) is 4.90 Å². The number of carboxylic acid groups (broad SMARTS) is 1. The van der Waals surface area contributed by atoms with Gasteiger partial charge in [0.2, 0.25) is 0 Å². The zero-order chi connectivity index (χ0) is 13.8. The molecule has 0 amide bonds. The molecule has 0 radical (unpaired) electrons. The van der Waals surface area contributed by atoms with E-state index in [1.54, 1.807) is 12.1 Å². The third kappa shape index (κ3) is 3.67. The largest absolute Gasteiger partial charge is 0.479 e. The zero-order valence-corrected chi connectivity index (χ0v) is 11.1. The van der Waals surface area contributed by atoms with Crippen molar-refractivity contribution in [1.82, 2.24) is 4.90 Å². The van der Waals surface area contributed by atoms with E-state index in [0.717, 1.165) is 18.7 Å². The van der Waals surface area contributed by atoms with Gasteiger partial charge in [-0.1, -0.05) is 23.7 Å². The normalized spacial score (nSPS) is 18.2. The van der Waals surface area contributed by atoms with Gasteiger partial charge in [0, 0.05) is 24.7 Å². The first-order chi connectivity index (χ1) is 9.08. The highest BCUT2D eigenvalue weighted by Crippen LogP contribution is 2.23. The van der Waals surface area contributed by atoms with E-state index in [2.05, 4.69) is 4.90 Å². The Morgan fingerprint density at radius 1 is 1.42 bits per heavy atom. The van der Waals surface area contributed by atoms with Gasteiger partial charge >= 0.3 is 5.97 Å². The van der Waals surface area contributed by atoms with E-state index in [4.69, 9.17) is 21.4 Å². The van der Waals surface area contributed by atoms with Crippen LogP contribution in [0.5, 0.6) is 0 Å². The molecule has 19 heavy (non-hydrogen) atoms. The number of carbonyl (C=O) groups is 1. The van der Waals surface area contributed by atoms with Gasteiger partial charge < -0.3 is 14.9 Å². The summed E-state index contributed by atoms with van der Waals surface area (Å²) in [6, 6.07) is 4.87. The molecule has 1 aromatic rings. The van der Waals surface area contributed by atoms with Crippen molar-refractivity contribution >= 4 is 17.6 Å². The van der Waals surface area contributed by atoms with Gasteiger partial charge in [-0.25, -0.2) is 4.79 Å². The van der Waals surface area contributed by atoms with Crippen molar-refractivity contribution in [2.24, 2.45) is 0 Å². The van der Waals surface area contributed by atoms with Crippen LogP contribution >= 0.6 is 11.6 Å². The Hall–Kier alpha value is -1.14. The number of aliphatic carboxylic acids is 1. The van der Waals surface area contributed by atoms with Gasteiger partial charge in [0.15, 0.2) is 6.10 Å². The lowest BCUT2D eigenvalue weighted by Gasteiger charge is -2.27. The monoisotopic (exact) mass is 285 g/mol. The number of hydrogen-bond acceptors (Lipinski definition) is 4. The third-order valence-corrected chi connectivity index (χ3v) is 3.48. The maximum absolute atomic E-state index is 10.7. The molecule has 5 nitrogen and oxygen atoms in total. The molecule has 0 aliphatic carbocycles. The second kappa shape index (κ2) is 6.34. The van der Waals surface area contributed by atoms with Gasteiger partial charge in [-0.15, -0.1) is 0 Å². The molecule has 1 aromatic carbocycles. The Kier molecular flexibility index (Phi) is 4.76. The lowest BCUT2D eigenvalue weighted by Crippen LogP contribution is -2.35. The van der Waals surface area contributed by atoms with Crippen LogP contribution in [-0.2, 0) is 16.1 Å². The minimum atomic E-state index is -1.53. The first-order valence-corrected chi connectivity index (χ1v) is 6.45. The molecule has 2 N–H and O–H groups in total. The minimum Gasteiger partial charge on any atom is -0.479 e. The summed E-state index contributed by atoms with van der Waals surface area (Å²) in [5.41, 5.74) is 1.22. The van der Waals surface area contributed by atoms with E-state index in [-0.39, 0.29) is 0 Å². The fourth-order valence-corrected chi connectivity index (χ4v) is 2.25. The average molecular weight is 286 g/mol. The fraction of sp³-hybridized carbons (Fsp3) is 0.462. The second-order valence-corrected chi connectivity index (χ2v) is 4.89. The summed E-state index contributed by atoms with van der Waals surface area (Å²) in [4.78, 5) is 12.9. The highest BCUT2D eigenvalue weighted by Gasteiger charge is 2.18. The summed E-state index contributed by atoms with van der Waals surface area (Å²) < 4.78 is 5.27. The molecule has 104 valence electrons. The molecule has 0 spiro atoms. The molecule has 6 heteroatoms. The van der Waals surface area contributed by atoms with Crippen LogP contribution in [0.4, 0.5) is 0 Å². The van der Waals surface area contributed by atoms with Crippen LogP contribution in [0.25, 0.3) is 0 Å². The van der Waals surface area contributed by atoms with E-state index in [0.29, 0.717) is 30.3 Å². The Balaban J connectivity index is 2.08. The SMILES string of the molecule is O=C(O)C(O)c1ccc(CN2CCOCC2)c(Cl)c1. The van der Waals surface area contributed by atoms with Crippen LogP contribution in [0.3, 0.4) is 0 Å².